The second-order valence-corrected chi connectivity index (χ2v) is 3.25. The van der Waals surface area contributed by atoms with Gasteiger partial charge in [-0.25, -0.2) is 0 Å². The van der Waals surface area contributed by atoms with Gasteiger partial charge in [0.2, 0.25) is 5.90 Å². The smallest absolute Gasteiger partial charge is 0.219 e. The zero-order valence-corrected chi connectivity index (χ0v) is 9.02. The maximum atomic E-state index is 7.19. The average Bonchev–Trinajstić information content (AvgIpc) is 2.20. The number of hydrogen-bond donors (Lipinski definition) is 1. The van der Waals surface area contributed by atoms with Crippen LogP contribution in [-0.2, 0) is 4.74 Å². The minimum absolute atomic E-state index is 0.0287. The first kappa shape index (κ1) is 11.1. The summed E-state index contributed by atoms with van der Waals surface area (Å²) in [6, 6.07) is 5.06. The number of hydrogen-bond acceptors (Lipinski definition) is 3. The van der Waals surface area contributed by atoms with Crippen LogP contribution in [0.25, 0.3) is 0 Å². The summed E-state index contributed by atoms with van der Waals surface area (Å²) in [7, 11) is 1.41. The third kappa shape index (κ3) is 2.79. The Morgan fingerprint density at radius 2 is 2.14 bits per heavy atom. The lowest BCUT2D eigenvalue weighted by Crippen LogP contribution is -2.11. The standard InChI is InChI=1S/C9H9Cl2NO2/c1-13-8(12)5-14-7-4-2-3-6(10)9(7)11/h2-4,12H,5H2,1H3. The van der Waals surface area contributed by atoms with Gasteiger partial charge >= 0.3 is 0 Å². The Kier molecular flexibility index (Phi) is 4.04. The zero-order chi connectivity index (χ0) is 10.6. The second-order valence-electron chi connectivity index (χ2n) is 2.47. The summed E-state index contributed by atoms with van der Waals surface area (Å²) in [6.07, 6.45) is 0. The van der Waals surface area contributed by atoms with Crippen LogP contribution < -0.4 is 4.74 Å². The van der Waals surface area contributed by atoms with Crippen LogP contribution in [-0.4, -0.2) is 19.6 Å². The number of halogens is 2. The molecule has 1 N–H and O–H groups in total. The molecular weight excluding hydrogens is 225 g/mol. The molecular formula is C9H9Cl2NO2. The summed E-state index contributed by atoms with van der Waals surface area (Å²) in [5, 5.41) is 7.96. The molecule has 0 aliphatic carbocycles. The highest BCUT2D eigenvalue weighted by atomic mass is 35.5. The Hall–Kier alpha value is -0.930. The molecule has 0 radical (unpaired) electrons. The van der Waals surface area contributed by atoms with Gasteiger partial charge < -0.3 is 9.47 Å². The lowest BCUT2D eigenvalue weighted by molar-refractivity contribution is 0.310. The van der Waals surface area contributed by atoms with E-state index < -0.39 is 0 Å². The third-order valence-electron chi connectivity index (χ3n) is 1.52. The van der Waals surface area contributed by atoms with Crippen molar-refractivity contribution >= 4 is 29.1 Å². The molecule has 1 aromatic rings. The van der Waals surface area contributed by atoms with Gasteiger partial charge in [0.25, 0.3) is 0 Å². The van der Waals surface area contributed by atoms with Gasteiger partial charge in [0.1, 0.15) is 10.8 Å². The molecule has 1 rings (SSSR count). The quantitative estimate of drug-likeness (QED) is 0.645. The van der Waals surface area contributed by atoms with Crippen molar-refractivity contribution in [2.24, 2.45) is 0 Å². The van der Waals surface area contributed by atoms with Gasteiger partial charge in [0.15, 0.2) is 6.61 Å². The van der Waals surface area contributed by atoms with Crippen LogP contribution in [0, 0.1) is 5.41 Å². The molecule has 0 heterocycles. The molecule has 0 aliphatic rings. The van der Waals surface area contributed by atoms with Crippen LogP contribution in [0.15, 0.2) is 18.2 Å². The van der Waals surface area contributed by atoms with Crippen molar-refractivity contribution in [2.75, 3.05) is 13.7 Å². The Morgan fingerprint density at radius 3 is 2.79 bits per heavy atom. The Labute approximate surface area is 92.0 Å². The highest BCUT2D eigenvalue weighted by molar-refractivity contribution is 6.42. The molecule has 14 heavy (non-hydrogen) atoms. The average molecular weight is 234 g/mol. The second kappa shape index (κ2) is 5.08. The van der Waals surface area contributed by atoms with E-state index in [4.69, 9.17) is 33.3 Å². The van der Waals surface area contributed by atoms with Crippen molar-refractivity contribution < 1.29 is 9.47 Å². The van der Waals surface area contributed by atoms with E-state index in [1.807, 2.05) is 0 Å². The first-order chi connectivity index (χ1) is 6.65. The molecule has 1 aromatic carbocycles. The first-order valence-electron chi connectivity index (χ1n) is 3.83. The predicted molar refractivity (Wildman–Crippen MR) is 56.7 cm³/mol. The number of rotatable bonds is 3. The minimum atomic E-state index is 0.0287. The van der Waals surface area contributed by atoms with Gasteiger partial charge in [-0.1, -0.05) is 29.3 Å². The van der Waals surface area contributed by atoms with Crippen molar-refractivity contribution in [3.63, 3.8) is 0 Å². The summed E-state index contributed by atoms with van der Waals surface area (Å²) in [5.74, 6) is 0.474. The molecule has 0 unspecified atom stereocenters. The van der Waals surface area contributed by atoms with E-state index in [1.54, 1.807) is 18.2 Å². The number of nitrogens with one attached hydrogen (secondary N) is 1. The van der Waals surface area contributed by atoms with Gasteiger partial charge in [0.05, 0.1) is 12.1 Å². The number of benzene rings is 1. The summed E-state index contributed by atoms with van der Waals surface area (Å²) in [4.78, 5) is 0. The van der Waals surface area contributed by atoms with Crippen LogP contribution in [0.4, 0.5) is 0 Å². The van der Waals surface area contributed by atoms with Gasteiger partial charge in [-0.05, 0) is 12.1 Å². The van der Waals surface area contributed by atoms with Gasteiger partial charge in [-0.2, -0.15) is 0 Å². The predicted octanol–water partition coefficient (Wildman–Crippen LogP) is 3.00. The van der Waals surface area contributed by atoms with Crippen molar-refractivity contribution in [1.29, 1.82) is 5.41 Å². The monoisotopic (exact) mass is 233 g/mol. The third-order valence-corrected chi connectivity index (χ3v) is 2.32. The van der Waals surface area contributed by atoms with E-state index in [0.29, 0.717) is 15.8 Å². The Bertz CT molecular complexity index is 342. The maximum Gasteiger partial charge on any atom is 0.219 e. The fraction of sp³-hybridized carbons (Fsp3) is 0.222. The highest BCUT2D eigenvalue weighted by Gasteiger charge is 2.06. The number of methoxy groups -OCH3 is 1. The largest absolute Gasteiger partial charge is 0.482 e. The van der Waals surface area contributed by atoms with E-state index in [9.17, 15) is 0 Å². The fourth-order valence-corrected chi connectivity index (χ4v) is 1.14. The Morgan fingerprint density at radius 1 is 1.43 bits per heavy atom. The molecule has 0 saturated heterocycles. The van der Waals surface area contributed by atoms with Crippen LogP contribution >= 0.6 is 23.2 Å². The molecule has 0 aliphatic heterocycles. The van der Waals surface area contributed by atoms with Crippen LogP contribution in [0.2, 0.25) is 10.0 Å². The van der Waals surface area contributed by atoms with E-state index >= 15 is 0 Å². The van der Waals surface area contributed by atoms with Crippen molar-refractivity contribution in [3.8, 4) is 5.75 Å². The van der Waals surface area contributed by atoms with E-state index in [0.717, 1.165) is 0 Å². The molecule has 0 aromatic heterocycles. The molecule has 0 fully saturated rings. The summed E-state index contributed by atoms with van der Waals surface area (Å²) in [6.45, 7) is 0.0383. The minimum Gasteiger partial charge on any atom is -0.482 e. The maximum absolute atomic E-state index is 7.19. The molecule has 0 bridgehead atoms. The van der Waals surface area contributed by atoms with Gasteiger partial charge in [-0.3, -0.25) is 5.41 Å². The summed E-state index contributed by atoms with van der Waals surface area (Å²) in [5.41, 5.74) is 0. The van der Waals surface area contributed by atoms with E-state index in [1.165, 1.54) is 7.11 Å². The van der Waals surface area contributed by atoms with Crippen LogP contribution in [0.3, 0.4) is 0 Å². The molecule has 5 heteroatoms. The molecule has 0 amide bonds. The molecule has 0 atom stereocenters. The van der Waals surface area contributed by atoms with Crippen molar-refractivity contribution in [1.82, 2.24) is 0 Å². The Balaban J connectivity index is 2.68. The molecule has 0 saturated carbocycles. The lowest BCUT2D eigenvalue weighted by atomic mass is 10.3. The highest BCUT2D eigenvalue weighted by Crippen LogP contribution is 2.31. The molecule has 3 nitrogen and oxygen atoms in total. The molecule has 0 spiro atoms. The van der Waals surface area contributed by atoms with Crippen LogP contribution in [0.1, 0.15) is 0 Å². The van der Waals surface area contributed by atoms with E-state index in [-0.39, 0.29) is 12.5 Å². The van der Waals surface area contributed by atoms with E-state index in [2.05, 4.69) is 4.74 Å². The van der Waals surface area contributed by atoms with Crippen molar-refractivity contribution in [2.45, 2.75) is 0 Å². The topological polar surface area (TPSA) is 42.3 Å². The molecule has 76 valence electrons. The summed E-state index contributed by atoms with van der Waals surface area (Å²) < 4.78 is 9.83. The lowest BCUT2D eigenvalue weighted by Gasteiger charge is -2.08. The zero-order valence-electron chi connectivity index (χ0n) is 7.51. The van der Waals surface area contributed by atoms with Gasteiger partial charge in [-0.15, -0.1) is 0 Å². The van der Waals surface area contributed by atoms with Crippen LogP contribution in [0.5, 0.6) is 5.75 Å². The first-order valence-corrected chi connectivity index (χ1v) is 4.59. The van der Waals surface area contributed by atoms with Crippen molar-refractivity contribution in [3.05, 3.63) is 28.2 Å². The normalized spacial score (nSPS) is 9.64. The SMILES string of the molecule is COC(=N)COc1cccc(Cl)c1Cl. The fourth-order valence-electron chi connectivity index (χ4n) is 0.798. The van der Waals surface area contributed by atoms with Gasteiger partial charge in [0, 0.05) is 0 Å². The number of ether oxygens (including phenoxy) is 2. The summed E-state index contributed by atoms with van der Waals surface area (Å²) >= 11 is 11.6.